The third kappa shape index (κ3) is 2.39. The van der Waals surface area contributed by atoms with E-state index in [4.69, 9.17) is 4.74 Å². The molecule has 0 saturated heterocycles. The molecule has 17 heavy (non-hydrogen) atoms. The van der Waals surface area contributed by atoms with E-state index in [1.807, 2.05) is 32.0 Å². The smallest absolute Gasteiger partial charge is 0.168 e. The fourth-order valence-corrected chi connectivity index (χ4v) is 2.22. The predicted molar refractivity (Wildman–Crippen MR) is 70.8 cm³/mol. The highest BCUT2D eigenvalue weighted by molar-refractivity contribution is 6.99. The van der Waals surface area contributed by atoms with Crippen molar-refractivity contribution in [2.24, 2.45) is 0 Å². The predicted octanol–water partition coefficient (Wildman–Crippen LogP) is 2.95. The number of nitrogens with zero attached hydrogens (tertiary/aromatic N) is 2. The first-order chi connectivity index (χ1) is 8.26. The number of aryl methyl sites for hydroxylation is 1. The van der Waals surface area contributed by atoms with Gasteiger partial charge in [0.05, 0.1) is 18.8 Å². The van der Waals surface area contributed by atoms with Crippen LogP contribution in [0.1, 0.15) is 12.5 Å². The maximum Gasteiger partial charge on any atom is 0.168 e. The Bertz CT molecular complexity index is 510. The molecule has 0 radical (unpaired) electrons. The average molecular weight is 249 g/mol. The van der Waals surface area contributed by atoms with Crippen molar-refractivity contribution in [1.29, 1.82) is 0 Å². The molecule has 90 valence electrons. The molecule has 0 aliphatic carbocycles. The molecule has 5 heteroatoms. The second-order valence-corrected chi connectivity index (χ2v) is 4.20. The Morgan fingerprint density at radius 3 is 2.82 bits per heavy atom. The van der Waals surface area contributed by atoms with Gasteiger partial charge < -0.3 is 10.1 Å². The Balaban J connectivity index is 2.42. The fraction of sp³-hybridized carbons (Fsp3) is 0.333. The molecule has 2 aromatic rings. The molecule has 4 nitrogen and oxygen atoms in total. The van der Waals surface area contributed by atoms with Crippen LogP contribution in [0.5, 0.6) is 5.75 Å². The first-order valence-electron chi connectivity index (χ1n) is 5.47. The summed E-state index contributed by atoms with van der Waals surface area (Å²) in [7, 11) is 1.67. The summed E-state index contributed by atoms with van der Waals surface area (Å²) in [6.45, 7) is 4.94. The minimum Gasteiger partial charge on any atom is -0.497 e. The van der Waals surface area contributed by atoms with Crippen LogP contribution in [0.2, 0.25) is 0 Å². The van der Waals surface area contributed by atoms with Crippen molar-refractivity contribution in [1.82, 2.24) is 8.75 Å². The van der Waals surface area contributed by atoms with Crippen molar-refractivity contribution in [2.75, 3.05) is 19.0 Å². The number of rotatable bonds is 4. The lowest BCUT2D eigenvalue weighted by Crippen LogP contribution is -1.99. The number of hydrogen-bond donors (Lipinski definition) is 1. The van der Waals surface area contributed by atoms with Crippen LogP contribution < -0.4 is 10.1 Å². The largest absolute Gasteiger partial charge is 0.497 e. The maximum atomic E-state index is 5.20. The standard InChI is InChI=1S/C12H15N3OS/c1-4-13-12-11(14-17-15-12)10-6-5-9(16-3)7-8(10)2/h5-7H,4H2,1-3H3,(H,13,15). The molecule has 0 amide bonds. The molecule has 0 unspecified atom stereocenters. The zero-order chi connectivity index (χ0) is 12.3. The van der Waals surface area contributed by atoms with Gasteiger partial charge in [-0.1, -0.05) is 0 Å². The van der Waals surface area contributed by atoms with E-state index in [0.717, 1.165) is 34.9 Å². The van der Waals surface area contributed by atoms with E-state index in [9.17, 15) is 0 Å². The molecule has 1 aromatic heterocycles. The topological polar surface area (TPSA) is 47.0 Å². The summed E-state index contributed by atoms with van der Waals surface area (Å²) < 4.78 is 13.8. The number of ether oxygens (including phenoxy) is 1. The summed E-state index contributed by atoms with van der Waals surface area (Å²) in [5, 5.41) is 3.22. The molecule has 1 heterocycles. The summed E-state index contributed by atoms with van der Waals surface area (Å²) in [5.41, 5.74) is 3.14. The van der Waals surface area contributed by atoms with Crippen molar-refractivity contribution in [3.05, 3.63) is 23.8 Å². The number of benzene rings is 1. The van der Waals surface area contributed by atoms with Crippen LogP contribution in [-0.4, -0.2) is 22.4 Å². The number of nitrogens with one attached hydrogen (secondary N) is 1. The molecule has 1 aromatic carbocycles. The lowest BCUT2D eigenvalue weighted by atomic mass is 10.1. The fourth-order valence-electron chi connectivity index (χ4n) is 1.68. The molecule has 0 bridgehead atoms. The molecule has 0 atom stereocenters. The van der Waals surface area contributed by atoms with E-state index in [2.05, 4.69) is 14.1 Å². The van der Waals surface area contributed by atoms with E-state index in [0.29, 0.717) is 0 Å². The lowest BCUT2D eigenvalue weighted by Gasteiger charge is -2.07. The molecule has 0 fully saturated rings. The van der Waals surface area contributed by atoms with Crippen molar-refractivity contribution in [3.63, 3.8) is 0 Å². The van der Waals surface area contributed by atoms with Crippen LogP contribution in [0.25, 0.3) is 11.3 Å². The lowest BCUT2D eigenvalue weighted by molar-refractivity contribution is 0.414. The Kier molecular flexibility index (Phi) is 3.58. The van der Waals surface area contributed by atoms with Crippen LogP contribution in [0, 0.1) is 6.92 Å². The van der Waals surface area contributed by atoms with Gasteiger partial charge in [-0.3, -0.25) is 0 Å². The molecule has 0 aliphatic heterocycles. The molecule has 1 N–H and O–H groups in total. The Morgan fingerprint density at radius 1 is 1.35 bits per heavy atom. The van der Waals surface area contributed by atoms with Gasteiger partial charge in [-0.05, 0) is 37.6 Å². The molecule has 0 saturated carbocycles. The summed E-state index contributed by atoms with van der Waals surface area (Å²) >= 11 is 1.23. The van der Waals surface area contributed by atoms with Crippen molar-refractivity contribution in [3.8, 4) is 17.0 Å². The van der Waals surface area contributed by atoms with Gasteiger partial charge in [0.1, 0.15) is 11.4 Å². The van der Waals surface area contributed by atoms with Crippen LogP contribution in [0.4, 0.5) is 5.82 Å². The van der Waals surface area contributed by atoms with Gasteiger partial charge >= 0.3 is 0 Å². The van der Waals surface area contributed by atoms with Gasteiger partial charge in [-0.15, -0.1) is 0 Å². The number of hydrogen-bond acceptors (Lipinski definition) is 5. The summed E-state index contributed by atoms with van der Waals surface area (Å²) in [5.74, 6) is 1.71. The first kappa shape index (κ1) is 11.9. The molecule has 0 aliphatic rings. The van der Waals surface area contributed by atoms with E-state index in [1.165, 1.54) is 11.7 Å². The third-order valence-corrected chi connectivity index (χ3v) is 3.05. The van der Waals surface area contributed by atoms with Crippen LogP contribution >= 0.6 is 11.7 Å². The van der Waals surface area contributed by atoms with E-state index in [1.54, 1.807) is 7.11 Å². The average Bonchev–Trinajstić information content (AvgIpc) is 2.77. The van der Waals surface area contributed by atoms with Gasteiger partial charge in [-0.2, -0.15) is 8.75 Å². The van der Waals surface area contributed by atoms with Gasteiger partial charge in [0.15, 0.2) is 5.82 Å². The summed E-state index contributed by atoms with van der Waals surface area (Å²) in [6.07, 6.45) is 0. The zero-order valence-electron chi connectivity index (χ0n) is 10.2. The molecule has 2 rings (SSSR count). The van der Waals surface area contributed by atoms with E-state index in [-0.39, 0.29) is 0 Å². The van der Waals surface area contributed by atoms with Gasteiger partial charge in [0.2, 0.25) is 0 Å². The second kappa shape index (κ2) is 5.14. The van der Waals surface area contributed by atoms with Crippen molar-refractivity contribution >= 4 is 17.5 Å². The zero-order valence-corrected chi connectivity index (χ0v) is 11.0. The minimum atomic E-state index is 0.841. The Hall–Kier alpha value is -1.62. The minimum absolute atomic E-state index is 0.841. The normalized spacial score (nSPS) is 10.3. The SMILES string of the molecule is CCNc1nsnc1-c1ccc(OC)cc1C. The highest BCUT2D eigenvalue weighted by Crippen LogP contribution is 2.30. The van der Waals surface area contributed by atoms with Crippen molar-refractivity contribution < 1.29 is 4.74 Å². The van der Waals surface area contributed by atoms with Gasteiger partial charge in [0.25, 0.3) is 0 Å². The van der Waals surface area contributed by atoms with E-state index < -0.39 is 0 Å². The number of methoxy groups -OCH3 is 1. The maximum absolute atomic E-state index is 5.20. The highest BCUT2D eigenvalue weighted by atomic mass is 32.1. The third-order valence-electron chi connectivity index (χ3n) is 2.52. The first-order valence-corrected chi connectivity index (χ1v) is 6.20. The second-order valence-electron chi connectivity index (χ2n) is 3.67. The van der Waals surface area contributed by atoms with E-state index >= 15 is 0 Å². The molecule has 0 spiro atoms. The highest BCUT2D eigenvalue weighted by Gasteiger charge is 2.12. The van der Waals surface area contributed by atoms with Crippen molar-refractivity contribution in [2.45, 2.75) is 13.8 Å². The van der Waals surface area contributed by atoms with Crippen LogP contribution in [0.15, 0.2) is 18.2 Å². The number of anilines is 1. The van der Waals surface area contributed by atoms with Crippen LogP contribution in [-0.2, 0) is 0 Å². The Labute approximate surface area is 105 Å². The molecular weight excluding hydrogens is 234 g/mol. The van der Waals surface area contributed by atoms with Gasteiger partial charge in [0, 0.05) is 12.1 Å². The molecular formula is C12H15N3OS. The Morgan fingerprint density at radius 2 is 2.18 bits per heavy atom. The summed E-state index contributed by atoms with van der Waals surface area (Å²) in [4.78, 5) is 0. The number of aromatic nitrogens is 2. The quantitative estimate of drug-likeness (QED) is 0.905. The van der Waals surface area contributed by atoms with Gasteiger partial charge in [-0.25, -0.2) is 0 Å². The monoisotopic (exact) mass is 249 g/mol. The van der Waals surface area contributed by atoms with Crippen LogP contribution in [0.3, 0.4) is 0 Å². The summed E-state index contributed by atoms with van der Waals surface area (Å²) in [6, 6.07) is 5.97.